The Morgan fingerprint density at radius 3 is 1.72 bits per heavy atom. The van der Waals surface area contributed by atoms with Crippen molar-refractivity contribution in [2.45, 2.75) is 89.0 Å². The maximum Gasteiger partial charge on any atom is 0.305 e. The smallest absolute Gasteiger partial charge is 0.305 e. The first-order valence-electron chi connectivity index (χ1n) is 20.0. The Morgan fingerprint density at radius 1 is 0.754 bits per heavy atom. The number of carbonyl (C=O) groups is 6. The number of ether oxygens (including phenoxy) is 3. The average Bonchev–Trinajstić information content (AvgIpc) is 3.76. The molecule has 3 aromatic carbocycles. The molecule has 3 heterocycles. The standard InChI is InChI=1S/C29H37N3O7S.C14H16N2O5/c1-19(2)21-13-15-31(16-14-21)40(36,37)22-9-7-20(8-10-22)18-39-26-6-4-5-23-24(26)17-32(29(23)35)25(28(30)34)11-12-27(33)38-3;1-21-12(18)6-5-10(13(15)19)16-7-9-8(14(16)20)3-2-4-11(9)17/h4-10,19,21,25H,11-18H2,1-3H3,(H2,30,34);2-4,10,17H,5-7H2,1H3,(H2,15,19). The van der Waals surface area contributed by atoms with E-state index < -0.39 is 45.9 Å². The third kappa shape index (κ3) is 10.7. The topological polar surface area (TPSA) is 246 Å². The van der Waals surface area contributed by atoms with Crippen LogP contribution in [0.5, 0.6) is 11.5 Å². The number of methoxy groups -OCH3 is 2. The van der Waals surface area contributed by atoms with Gasteiger partial charge in [-0.1, -0.05) is 38.1 Å². The summed E-state index contributed by atoms with van der Waals surface area (Å²) in [6.07, 6.45) is 1.82. The Morgan fingerprint density at radius 2 is 1.25 bits per heavy atom. The molecule has 3 aromatic rings. The molecule has 18 heteroatoms. The number of esters is 2. The molecule has 5 N–H and O–H groups in total. The minimum absolute atomic E-state index is 0.000427. The van der Waals surface area contributed by atoms with Crippen LogP contribution in [0.1, 0.15) is 89.8 Å². The van der Waals surface area contributed by atoms with Gasteiger partial charge in [0, 0.05) is 48.2 Å². The van der Waals surface area contributed by atoms with Crippen LogP contribution in [0.2, 0.25) is 0 Å². The molecule has 0 spiro atoms. The highest BCUT2D eigenvalue weighted by molar-refractivity contribution is 7.89. The molecule has 328 valence electrons. The van der Waals surface area contributed by atoms with E-state index in [9.17, 15) is 42.3 Å². The zero-order chi connectivity index (χ0) is 44.6. The van der Waals surface area contributed by atoms with E-state index in [1.165, 1.54) is 30.1 Å². The summed E-state index contributed by atoms with van der Waals surface area (Å²) in [5.41, 5.74) is 13.5. The van der Waals surface area contributed by atoms with Crippen molar-refractivity contribution in [3.05, 3.63) is 88.5 Å². The Labute approximate surface area is 354 Å². The molecule has 2 unspecified atom stereocenters. The highest BCUT2D eigenvalue weighted by Crippen LogP contribution is 2.35. The lowest BCUT2D eigenvalue weighted by molar-refractivity contribution is -0.142. The van der Waals surface area contributed by atoms with Crippen molar-refractivity contribution >= 4 is 45.6 Å². The second-order valence-corrected chi connectivity index (χ2v) is 17.4. The van der Waals surface area contributed by atoms with Gasteiger partial charge < -0.3 is 40.6 Å². The van der Waals surface area contributed by atoms with Gasteiger partial charge in [-0.3, -0.25) is 28.8 Å². The molecule has 4 amide bonds. The van der Waals surface area contributed by atoms with E-state index in [-0.39, 0.29) is 67.8 Å². The van der Waals surface area contributed by atoms with Crippen LogP contribution in [0.15, 0.2) is 65.6 Å². The van der Waals surface area contributed by atoms with Crippen molar-refractivity contribution < 1.29 is 56.5 Å². The third-order valence-electron chi connectivity index (χ3n) is 11.4. The molecule has 1 saturated heterocycles. The minimum Gasteiger partial charge on any atom is -0.508 e. The highest BCUT2D eigenvalue weighted by atomic mass is 32.2. The SMILES string of the molecule is COC(=O)CCC(C(N)=O)N1Cc2c(O)cccc2C1=O.COC(=O)CCC(C(N)=O)N1Cc2c(OCc3ccc(S(=O)(=O)N4CCC(C(C)C)CC4)cc3)cccc2C1=O. The monoisotopic (exact) mass is 863 g/mol. The molecule has 6 rings (SSSR count). The summed E-state index contributed by atoms with van der Waals surface area (Å²) in [5.74, 6) is -1.53. The van der Waals surface area contributed by atoms with Crippen LogP contribution < -0.4 is 16.2 Å². The number of rotatable bonds is 16. The van der Waals surface area contributed by atoms with Crippen molar-refractivity contribution in [3.63, 3.8) is 0 Å². The summed E-state index contributed by atoms with van der Waals surface area (Å²) in [6, 6.07) is 14.5. The van der Waals surface area contributed by atoms with E-state index in [1.54, 1.807) is 58.9 Å². The highest BCUT2D eigenvalue weighted by Gasteiger charge is 2.39. The first-order chi connectivity index (χ1) is 29.0. The predicted molar refractivity (Wildman–Crippen MR) is 220 cm³/mol. The Kier molecular flexibility index (Phi) is 15.1. The van der Waals surface area contributed by atoms with E-state index in [0.29, 0.717) is 52.9 Å². The number of primary amides is 2. The van der Waals surface area contributed by atoms with E-state index in [4.69, 9.17) is 16.2 Å². The average molecular weight is 864 g/mol. The van der Waals surface area contributed by atoms with Gasteiger partial charge in [-0.25, -0.2) is 8.42 Å². The fourth-order valence-corrected chi connectivity index (χ4v) is 9.24. The fourth-order valence-electron chi connectivity index (χ4n) is 7.77. The van der Waals surface area contributed by atoms with Gasteiger partial charge in [-0.05, 0) is 79.5 Å². The largest absolute Gasteiger partial charge is 0.508 e. The van der Waals surface area contributed by atoms with Gasteiger partial charge in [-0.15, -0.1) is 0 Å². The minimum atomic E-state index is -3.56. The van der Waals surface area contributed by atoms with Crippen LogP contribution in [0.25, 0.3) is 0 Å². The van der Waals surface area contributed by atoms with Crippen LogP contribution in [-0.2, 0) is 58.4 Å². The number of amides is 4. The Hall–Kier alpha value is -6.01. The molecule has 0 aromatic heterocycles. The number of aromatic hydroxyl groups is 1. The molecule has 17 nitrogen and oxygen atoms in total. The molecule has 0 saturated carbocycles. The van der Waals surface area contributed by atoms with E-state index in [2.05, 4.69) is 23.3 Å². The van der Waals surface area contributed by atoms with Crippen LogP contribution in [-0.4, -0.2) is 103 Å². The number of benzene rings is 3. The second kappa shape index (κ2) is 20.0. The van der Waals surface area contributed by atoms with Gasteiger partial charge in [-0.2, -0.15) is 4.31 Å². The molecular formula is C43H53N5O12S. The number of sulfonamides is 1. The van der Waals surface area contributed by atoms with Crippen LogP contribution >= 0.6 is 0 Å². The summed E-state index contributed by atoms with van der Waals surface area (Å²) in [4.78, 5) is 74.7. The van der Waals surface area contributed by atoms with Crippen LogP contribution in [0, 0.1) is 11.8 Å². The zero-order valence-electron chi connectivity index (χ0n) is 34.7. The van der Waals surface area contributed by atoms with Gasteiger partial charge in [0.25, 0.3) is 11.8 Å². The molecule has 0 aliphatic carbocycles. The van der Waals surface area contributed by atoms with E-state index in [1.807, 2.05) is 0 Å². The Balaban J connectivity index is 0.000000281. The summed E-state index contributed by atoms with van der Waals surface area (Å²) in [6.45, 7) is 5.79. The molecule has 61 heavy (non-hydrogen) atoms. The number of hydrogen-bond donors (Lipinski definition) is 3. The van der Waals surface area contributed by atoms with E-state index in [0.717, 1.165) is 18.4 Å². The summed E-state index contributed by atoms with van der Waals surface area (Å²) in [5, 5.41) is 9.77. The lowest BCUT2D eigenvalue weighted by Crippen LogP contribution is -2.45. The second-order valence-electron chi connectivity index (χ2n) is 15.4. The first-order valence-corrected chi connectivity index (χ1v) is 21.4. The van der Waals surface area contributed by atoms with Gasteiger partial charge in [0.05, 0.1) is 32.2 Å². The Bertz CT molecular complexity index is 2240. The number of nitrogens with zero attached hydrogens (tertiary/aromatic N) is 3. The third-order valence-corrected chi connectivity index (χ3v) is 13.3. The van der Waals surface area contributed by atoms with Crippen LogP contribution in [0.4, 0.5) is 0 Å². The summed E-state index contributed by atoms with van der Waals surface area (Å²) < 4.78 is 43.1. The van der Waals surface area contributed by atoms with Crippen LogP contribution in [0.3, 0.4) is 0 Å². The summed E-state index contributed by atoms with van der Waals surface area (Å²) in [7, 11) is -1.06. The maximum absolute atomic E-state index is 13.1. The molecule has 1 fully saturated rings. The number of phenolic OH excluding ortho intramolecular Hbond substituents is 1. The number of nitrogens with two attached hydrogens (primary N) is 2. The number of hydrogen-bond acceptors (Lipinski definition) is 12. The normalized spacial score (nSPS) is 16.3. The molecule has 3 aliphatic heterocycles. The first kappa shape index (κ1) is 46.1. The van der Waals surface area contributed by atoms with Gasteiger partial charge >= 0.3 is 11.9 Å². The summed E-state index contributed by atoms with van der Waals surface area (Å²) >= 11 is 0. The molecule has 0 bridgehead atoms. The van der Waals surface area contributed by atoms with Crippen molar-refractivity contribution in [1.29, 1.82) is 0 Å². The molecular weight excluding hydrogens is 811 g/mol. The molecule has 2 atom stereocenters. The number of fused-ring (bicyclic) bond motifs is 2. The van der Waals surface area contributed by atoms with Crippen molar-refractivity contribution in [1.82, 2.24) is 14.1 Å². The maximum atomic E-state index is 13.1. The van der Waals surface area contributed by atoms with Crippen molar-refractivity contribution in [2.75, 3.05) is 27.3 Å². The zero-order valence-corrected chi connectivity index (χ0v) is 35.5. The van der Waals surface area contributed by atoms with Gasteiger partial charge in [0.2, 0.25) is 21.8 Å². The van der Waals surface area contributed by atoms with Gasteiger partial charge in [0.1, 0.15) is 30.2 Å². The fraction of sp³-hybridized carbons (Fsp3) is 0.442. The lowest BCUT2D eigenvalue weighted by Gasteiger charge is -2.33. The lowest BCUT2D eigenvalue weighted by atomic mass is 9.87. The quantitative estimate of drug-likeness (QED) is 0.176. The molecule has 0 radical (unpaired) electrons. The number of carbonyl (C=O) groups excluding carboxylic acids is 6. The number of piperidine rings is 1. The predicted octanol–water partition coefficient (Wildman–Crippen LogP) is 3.24. The number of phenols is 1. The van der Waals surface area contributed by atoms with Gasteiger partial charge in [0.15, 0.2) is 0 Å². The molecule has 3 aliphatic rings. The van der Waals surface area contributed by atoms with Crippen molar-refractivity contribution in [2.24, 2.45) is 23.3 Å². The van der Waals surface area contributed by atoms with Crippen molar-refractivity contribution in [3.8, 4) is 11.5 Å². The van der Waals surface area contributed by atoms with E-state index >= 15 is 0 Å².